The molecule has 144 valence electrons. The fraction of sp³-hybridized carbons (Fsp3) is 0.500. The molecular weight excluding hydrogens is 342 g/mol. The first-order valence-electron chi connectivity index (χ1n) is 9.51. The zero-order chi connectivity index (χ0) is 19.2. The van der Waals surface area contributed by atoms with Gasteiger partial charge in [-0.05, 0) is 30.9 Å². The SMILES string of the molecule is CC(C)Cn1cncc1CNC(=O)N1CCCC(C(=O)c2ccccn2)C1. The molecule has 1 aliphatic rings. The van der Waals surface area contributed by atoms with Gasteiger partial charge < -0.3 is 14.8 Å². The Morgan fingerprint density at radius 1 is 1.33 bits per heavy atom. The Hall–Kier alpha value is -2.70. The van der Waals surface area contributed by atoms with E-state index in [2.05, 4.69) is 33.7 Å². The Labute approximate surface area is 159 Å². The van der Waals surface area contributed by atoms with Gasteiger partial charge in [0.1, 0.15) is 5.69 Å². The summed E-state index contributed by atoms with van der Waals surface area (Å²) in [5.74, 6) is 0.336. The van der Waals surface area contributed by atoms with Crippen LogP contribution in [0.15, 0.2) is 36.9 Å². The van der Waals surface area contributed by atoms with Crippen LogP contribution in [-0.4, -0.2) is 44.3 Å². The van der Waals surface area contributed by atoms with E-state index in [-0.39, 0.29) is 17.7 Å². The van der Waals surface area contributed by atoms with Crippen molar-refractivity contribution in [2.45, 2.75) is 39.8 Å². The van der Waals surface area contributed by atoms with Crippen molar-refractivity contribution >= 4 is 11.8 Å². The van der Waals surface area contributed by atoms with Gasteiger partial charge in [0.25, 0.3) is 0 Å². The van der Waals surface area contributed by atoms with E-state index in [4.69, 9.17) is 0 Å². The van der Waals surface area contributed by atoms with Crippen molar-refractivity contribution in [3.05, 3.63) is 48.3 Å². The maximum Gasteiger partial charge on any atom is 0.317 e. The Bertz CT molecular complexity index is 772. The minimum Gasteiger partial charge on any atom is -0.333 e. The molecule has 27 heavy (non-hydrogen) atoms. The highest BCUT2D eigenvalue weighted by Gasteiger charge is 2.29. The molecule has 0 spiro atoms. The predicted molar refractivity (Wildman–Crippen MR) is 102 cm³/mol. The number of carbonyl (C=O) groups is 2. The molecular formula is C20H27N5O2. The number of urea groups is 1. The third-order valence-corrected chi connectivity index (χ3v) is 4.78. The molecule has 1 N–H and O–H groups in total. The van der Waals surface area contributed by atoms with Crippen LogP contribution in [0.3, 0.4) is 0 Å². The van der Waals surface area contributed by atoms with E-state index in [9.17, 15) is 9.59 Å². The van der Waals surface area contributed by atoms with Gasteiger partial charge in [-0.1, -0.05) is 19.9 Å². The number of likely N-dealkylation sites (tertiary alicyclic amines) is 1. The van der Waals surface area contributed by atoms with Crippen LogP contribution in [0.2, 0.25) is 0 Å². The van der Waals surface area contributed by atoms with E-state index in [0.29, 0.717) is 31.2 Å². The van der Waals surface area contributed by atoms with E-state index in [1.54, 1.807) is 35.8 Å². The van der Waals surface area contributed by atoms with Gasteiger partial charge in [0.05, 0.1) is 18.6 Å². The summed E-state index contributed by atoms with van der Waals surface area (Å²) in [5, 5.41) is 2.97. The minimum atomic E-state index is -0.189. The standard InChI is InChI=1S/C20H27N5O2/c1-15(2)12-25-14-21-10-17(25)11-23-20(27)24-9-5-6-16(13-24)19(26)18-7-3-4-8-22-18/h3-4,7-8,10,14-16H,5-6,9,11-13H2,1-2H3,(H,23,27). The molecule has 3 heterocycles. The Morgan fingerprint density at radius 3 is 2.93 bits per heavy atom. The zero-order valence-corrected chi connectivity index (χ0v) is 16.0. The molecule has 2 aromatic rings. The minimum absolute atomic E-state index is 0.0168. The second-order valence-electron chi connectivity index (χ2n) is 7.45. The molecule has 0 radical (unpaired) electrons. The van der Waals surface area contributed by atoms with E-state index < -0.39 is 0 Å². The van der Waals surface area contributed by atoms with Crippen LogP contribution in [0.25, 0.3) is 0 Å². The van der Waals surface area contributed by atoms with Crippen LogP contribution in [0, 0.1) is 11.8 Å². The topological polar surface area (TPSA) is 80.1 Å². The van der Waals surface area contributed by atoms with Crippen molar-refractivity contribution in [2.24, 2.45) is 11.8 Å². The third-order valence-electron chi connectivity index (χ3n) is 4.78. The molecule has 2 aromatic heterocycles. The summed E-state index contributed by atoms with van der Waals surface area (Å²) in [5.41, 5.74) is 1.46. The number of rotatable bonds is 6. The van der Waals surface area contributed by atoms with Crippen molar-refractivity contribution in [3.8, 4) is 0 Å². The van der Waals surface area contributed by atoms with Gasteiger partial charge in [-0.2, -0.15) is 0 Å². The lowest BCUT2D eigenvalue weighted by molar-refractivity contribution is 0.0840. The van der Waals surface area contributed by atoms with Crippen LogP contribution >= 0.6 is 0 Å². The summed E-state index contributed by atoms with van der Waals surface area (Å²) in [7, 11) is 0. The van der Waals surface area contributed by atoms with Gasteiger partial charge in [-0.25, -0.2) is 9.78 Å². The van der Waals surface area contributed by atoms with Crippen LogP contribution in [0.4, 0.5) is 4.79 Å². The number of piperidine rings is 1. The van der Waals surface area contributed by atoms with Gasteiger partial charge in [-0.3, -0.25) is 9.78 Å². The lowest BCUT2D eigenvalue weighted by Crippen LogP contribution is -2.47. The summed E-state index contributed by atoms with van der Waals surface area (Å²) < 4.78 is 2.06. The van der Waals surface area contributed by atoms with Crippen molar-refractivity contribution < 1.29 is 9.59 Å². The first-order chi connectivity index (χ1) is 13.0. The largest absolute Gasteiger partial charge is 0.333 e. The number of nitrogens with one attached hydrogen (secondary N) is 1. The number of aromatic nitrogens is 3. The molecule has 1 atom stereocenters. The zero-order valence-electron chi connectivity index (χ0n) is 16.0. The summed E-state index contributed by atoms with van der Waals surface area (Å²) in [6.45, 7) is 6.70. The molecule has 3 rings (SSSR count). The number of pyridine rings is 1. The molecule has 1 unspecified atom stereocenters. The first-order valence-corrected chi connectivity index (χ1v) is 9.51. The average Bonchev–Trinajstić information content (AvgIpc) is 3.12. The first kappa shape index (κ1) is 19.1. The Balaban J connectivity index is 1.56. The number of hydrogen-bond acceptors (Lipinski definition) is 4. The second-order valence-corrected chi connectivity index (χ2v) is 7.45. The fourth-order valence-corrected chi connectivity index (χ4v) is 3.42. The van der Waals surface area contributed by atoms with Crippen molar-refractivity contribution in [1.29, 1.82) is 0 Å². The summed E-state index contributed by atoms with van der Waals surface area (Å²) in [4.78, 5) is 35.3. The number of nitrogens with zero attached hydrogens (tertiary/aromatic N) is 4. The predicted octanol–water partition coefficient (Wildman–Crippen LogP) is 2.74. The highest BCUT2D eigenvalue weighted by molar-refractivity contribution is 5.96. The highest BCUT2D eigenvalue weighted by atomic mass is 16.2. The summed E-state index contributed by atoms with van der Waals surface area (Å²) in [6, 6.07) is 5.21. The maximum atomic E-state index is 12.6. The van der Waals surface area contributed by atoms with Gasteiger partial charge in [0, 0.05) is 37.9 Å². The summed E-state index contributed by atoms with van der Waals surface area (Å²) >= 11 is 0. The van der Waals surface area contributed by atoms with Crippen LogP contribution in [0.1, 0.15) is 42.9 Å². The molecule has 1 saturated heterocycles. The molecule has 0 aliphatic carbocycles. The van der Waals surface area contributed by atoms with Crippen molar-refractivity contribution in [2.75, 3.05) is 13.1 Å². The number of hydrogen-bond donors (Lipinski definition) is 1. The van der Waals surface area contributed by atoms with Crippen LogP contribution in [0.5, 0.6) is 0 Å². The third kappa shape index (κ3) is 4.93. The van der Waals surface area contributed by atoms with Gasteiger partial charge in [0.15, 0.2) is 5.78 Å². The smallest absolute Gasteiger partial charge is 0.317 e. The number of Topliss-reactive ketones (excluding diaryl/α,β-unsaturated/α-hetero) is 1. The quantitative estimate of drug-likeness (QED) is 0.794. The monoisotopic (exact) mass is 369 g/mol. The van der Waals surface area contributed by atoms with Gasteiger partial charge in [-0.15, -0.1) is 0 Å². The highest BCUT2D eigenvalue weighted by Crippen LogP contribution is 2.20. The normalized spacial score (nSPS) is 17.1. The van der Waals surface area contributed by atoms with Crippen molar-refractivity contribution in [1.82, 2.24) is 24.8 Å². The molecule has 0 aromatic carbocycles. The molecule has 1 fully saturated rings. The van der Waals surface area contributed by atoms with Gasteiger partial charge >= 0.3 is 6.03 Å². The van der Waals surface area contributed by atoms with E-state index in [1.807, 2.05) is 6.07 Å². The molecule has 0 bridgehead atoms. The number of ketones is 1. The molecule has 0 saturated carbocycles. The number of carbonyl (C=O) groups excluding carboxylic acids is 2. The second kappa shape index (κ2) is 8.79. The molecule has 7 nitrogen and oxygen atoms in total. The van der Waals surface area contributed by atoms with Crippen LogP contribution < -0.4 is 5.32 Å². The van der Waals surface area contributed by atoms with Crippen LogP contribution in [-0.2, 0) is 13.1 Å². The number of amides is 2. The molecule has 2 amide bonds. The lowest BCUT2D eigenvalue weighted by Gasteiger charge is -2.32. The summed E-state index contributed by atoms with van der Waals surface area (Å²) in [6.07, 6.45) is 6.82. The Kier molecular flexibility index (Phi) is 6.21. The molecule has 1 aliphatic heterocycles. The van der Waals surface area contributed by atoms with Gasteiger partial charge in [0.2, 0.25) is 0 Å². The average molecular weight is 369 g/mol. The Morgan fingerprint density at radius 2 is 2.19 bits per heavy atom. The van der Waals surface area contributed by atoms with E-state index in [1.165, 1.54) is 0 Å². The van der Waals surface area contributed by atoms with Crippen molar-refractivity contribution in [3.63, 3.8) is 0 Å². The fourth-order valence-electron chi connectivity index (χ4n) is 3.42. The lowest BCUT2D eigenvalue weighted by atomic mass is 9.92. The van der Waals surface area contributed by atoms with E-state index in [0.717, 1.165) is 25.1 Å². The molecule has 7 heteroatoms. The maximum absolute atomic E-state index is 12.6. The number of imidazole rings is 1. The van der Waals surface area contributed by atoms with E-state index >= 15 is 0 Å².